The second-order valence-electron chi connectivity index (χ2n) is 6.53. The molecule has 3 rings (SSSR count). The van der Waals surface area contributed by atoms with Crippen molar-refractivity contribution in [2.45, 2.75) is 26.2 Å². The van der Waals surface area contributed by atoms with Gasteiger partial charge in [-0.3, -0.25) is 4.79 Å². The van der Waals surface area contributed by atoms with E-state index in [9.17, 15) is 14.9 Å². The molecule has 1 aliphatic rings. The highest BCUT2D eigenvalue weighted by atomic mass is 35.5. The van der Waals surface area contributed by atoms with Crippen molar-refractivity contribution in [2.24, 2.45) is 5.92 Å². The van der Waals surface area contributed by atoms with E-state index in [4.69, 9.17) is 22.1 Å². The summed E-state index contributed by atoms with van der Waals surface area (Å²) in [4.78, 5) is 25.4. The molecule has 1 amide bonds. The number of nitrogen functional groups attached to an aromatic ring is 1. The largest absolute Gasteiger partial charge is 0.452 e. The number of amides is 1. The highest BCUT2D eigenvalue weighted by molar-refractivity contribution is 7.16. The maximum atomic E-state index is 12.2. The zero-order chi connectivity index (χ0) is 19.6. The van der Waals surface area contributed by atoms with E-state index in [0.717, 1.165) is 29.7 Å². The molecule has 3 N–H and O–H groups in total. The van der Waals surface area contributed by atoms with Gasteiger partial charge in [0.2, 0.25) is 0 Å². The number of rotatable bonds is 4. The first-order valence-electron chi connectivity index (χ1n) is 8.45. The fourth-order valence-corrected chi connectivity index (χ4v) is 4.50. The Balaban J connectivity index is 1.64. The van der Waals surface area contributed by atoms with Crippen LogP contribution in [0.4, 0.5) is 10.7 Å². The van der Waals surface area contributed by atoms with Crippen LogP contribution < -0.4 is 11.1 Å². The van der Waals surface area contributed by atoms with E-state index >= 15 is 0 Å². The Labute approximate surface area is 165 Å². The Morgan fingerprint density at radius 1 is 1.48 bits per heavy atom. The smallest absolute Gasteiger partial charge is 0.338 e. The number of hydrogen-bond donors (Lipinski definition) is 2. The molecule has 0 unspecified atom stereocenters. The van der Waals surface area contributed by atoms with E-state index in [1.165, 1.54) is 29.5 Å². The molecule has 8 heteroatoms. The number of nitrogens with two attached hydrogens (primary N) is 1. The van der Waals surface area contributed by atoms with Crippen LogP contribution in [0.1, 0.15) is 39.7 Å². The molecule has 1 atom stereocenters. The normalized spacial score (nSPS) is 15.5. The molecule has 0 saturated carbocycles. The van der Waals surface area contributed by atoms with E-state index in [1.54, 1.807) is 0 Å². The molecule has 27 heavy (non-hydrogen) atoms. The molecule has 6 nitrogen and oxygen atoms in total. The van der Waals surface area contributed by atoms with Gasteiger partial charge in [0.25, 0.3) is 5.91 Å². The fraction of sp³-hybridized carbons (Fsp3) is 0.316. The summed E-state index contributed by atoms with van der Waals surface area (Å²) in [6, 6.07) is 6.54. The highest BCUT2D eigenvalue weighted by Crippen LogP contribution is 2.39. The fourth-order valence-electron chi connectivity index (χ4n) is 3.00. The van der Waals surface area contributed by atoms with Crippen molar-refractivity contribution < 1.29 is 14.3 Å². The first kappa shape index (κ1) is 19.2. The van der Waals surface area contributed by atoms with Gasteiger partial charge in [0, 0.05) is 4.88 Å². The van der Waals surface area contributed by atoms with Gasteiger partial charge in [-0.05, 0) is 48.9 Å². The second-order valence-corrected chi connectivity index (χ2v) is 8.04. The summed E-state index contributed by atoms with van der Waals surface area (Å²) in [6.45, 7) is 1.72. The summed E-state index contributed by atoms with van der Waals surface area (Å²) < 4.78 is 5.02. The Kier molecular flexibility index (Phi) is 5.68. The van der Waals surface area contributed by atoms with Gasteiger partial charge in [-0.1, -0.05) is 18.5 Å². The Hall–Kier alpha value is -2.56. The number of carbonyl (C=O) groups excluding carboxylic acids is 2. The van der Waals surface area contributed by atoms with E-state index in [0.29, 0.717) is 21.5 Å². The van der Waals surface area contributed by atoms with Crippen molar-refractivity contribution in [3.05, 3.63) is 44.8 Å². The standard InChI is InChI=1S/C19H18ClN3O3S/c1-10-2-4-12-13(8-21)18(27-16(12)6-10)23-17(24)9-26-19(25)11-3-5-14(20)15(22)7-11/h3,5,7,10H,2,4,6,9,22H2,1H3,(H,23,24)/t10-/m1/s1. The molecule has 1 heterocycles. The number of nitriles is 1. The topological polar surface area (TPSA) is 105 Å². The molecule has 0 fully saturated rings. The van der Waals surface area contributed by atoms with Gasteiger partial charge in [-0.25, -0.2) is 4.79 Å². The third-order valence-corrected chi connectivity index (χ3v) is 5.96. The Morgan fingerprint density at radius 2 is 2.26 bits per heavy atom. The van der Waals surface area contributed by atoms with Crippen LogP contribution in [0.2, 0.25) is 5.02 Å². The molecule has 0 radical (unpaired) electrons. The average molecular weight is 404 g/mol. The number of nitrogens with zero attached hydrogens (tertiary/aromatic N) is 1. The second kappa shape index (κ2) is 7.99. The number of halogens is 1. The summed E-state index contributed by atoms with van der Waals surface area (Å²) in [7, 11) is 0. The lowest BCUT2D eigenvalue weighted by Gasteiger charge is -2.17. The molecule has 2 aromatic rings. The van der Waals surface area contributed by atoms with Crippen LogP contribution in [0.5, 0.6) is 0 Å². The third kappa shape index (κ3) is 4.24. The number of anilines is 2. The third-order valence-electron chi connectivity index (χ3n) is 4.44. The predicted molar refractivity (Wildman–Crippen MR) is 105 cm³/mol. The van der Waals surface area contributed by atoms with Crippen LogP contribution >= 0.6 is 22.9 Å². The SMILES string of the molecule is C[C@@H]1CCc2c(sc(NC(=O)COC(=O)c3ccc(Cl)c(N)c3)c2C#N)C1. The molecule has 1 aromatic heterocycles. The monoisotopic (exact) mass is 403 g/mol. The molecule has 0 saturated heterocycles. The van der Waals surface area contributed by atoms with E-state index in [-0.39, 0.29) is 11.3 Å². The van der Waals surface area contributed by atoms with E-state index in [1.807, 2.05) is 0 Å². The predicted octanol–water partition coefficient (Wildman–Crippen LogP) is 3.78. The lowest BCUT2D eigenvalue weighted by molar-refractivity contribution is -0.119. The summed E-state index contributed by atoms with van der Waals surface area (Å²) in [5.74, 6) is -0.597. The van der Waals surface area contributed by atoms with Crippen molar-refractivity contribution in [2.75, 3.05) is 17.7 Å². The Morgan fingerprint density at radius 3 is 2.96 bits per heavy atom. The van der Waals surface area contributed by atoms with Gasteiger partial charge in [-0.15, -0.1) is 11.3 Å². The van der Waals surface area contributed by atoms with Crippen molar-refractivity contribution in [1.82, 2.24) is 0 Å². The first-order valence-corrected chi connectivity index (χ1v) is 9.65. The van der Waals surface area contributed by atoms with Gasteiger partial charge in [0.05, 0.1) is 21.8 Å². The van der Waals surface area contributed by atoms with Crippen LogP contribution in [0.15, 0.2) is 18.2 Å². The average Bonchev–Trinajstić information content (AvgIpc) is 2.97. The molecule has 1 aliphatic carbocycles. The number of nitrogens with one attached hydrogen (secondary N) is 1. The maximum Gasteiger partial charge on any atom is 0.338 e. The van der Waals surface area contributed by atoms with Crippen molar-refractivity contribution in [3.63, 3.8) is 0 Å². The molecule has 0 aliphatic heterocycles. The Bertz CT molecular complexity index is 948. The number of thiophene rings is 1. The van der Waals surface area contributed by atoms with Gasteiger partial charge in [-0.2, -0.15) is 5.26 Å². The van der Waals surface area contributed by atoms with Crippen molar-refractivity contribution in [3.8, 4) is 6.07 Å². The van der Waals surface area contributed by atoms with Crippen LogP contribution in [-0.2, 0) is 22.4 Å². The lowest BCUT2D eigenvalue weighted by Crippen LogP contribution is -2.21. The van der Waals surface area contributed by atoms with Crippen LogP contribution in [0, 0.1) is 17.2 Å². The van der Waals surface area contributed by atoms with Gasteiger partial charge >= 0.3 is 5.97 Å². The van der Waals surface area contributed by atoms with Crippen LogP contribution in [-0.4, -0.2) is 18.5 Å². The number of esters is 1. The highest BCUT2D eigenvalue weighted by Gasteiger charge is 2.24. The minimum atomic E-state index is -0.673. The van der Waals surface area contributed by atoms with Gasteiger partial charge in [0.15, 0.2) is 6.61 Å². The zero-order valence-electron chi connectivity index (χ0n) is 14.7. The van der Waals surface area contributed by atoms with Gasteiger partial charge < -0.3 is 15.8 Å². The van der Waals surface area contributed by atoms with Gasteiger partial charge in [0.1, 0.15) is 11.1 Å². The lowest BCUT2D eigenvalue weighted by atomic mass is 9.89. The molecule has 1 aromatic carbocycles. The minimum Gasteiger partial charge on any atom is -0.452 e. The number of hydrogen-bond acceptors (Lipinski definition) is 6. The molecular formula is C19H18ClN3O3S. The zero-order valence-corrected chi connectivity index (χ0v) is 16.2. The quantitative estimate of drug-likeness (QED) is 0.597. The molecule has 140 valence electrons. The first-order chi connectivity index (χ1) is 12.9. The van der Waals surface area contributed by atoms with Crippen molar-refractivity contribution in [1.29, 1.82) is 5.26 Å². The number of fused-ring (bicyclic) bond motifs is 1. The summed E-state index contributed by atoms with van der Waals surface area (Å²) in [5.41, 5.74) is 7.68. The van der Waals surface area contributed by atoms with E-state index < -0.39 is 18.5 Å². The number of benzene rings is 1. The molecule has 0 bridgehead atoms. The number of carbonyl (C=O) groups is 2. The maximum absolute atomic E-state index is 12.2. The van der Waals surface area contributed by atoms with Crippen LogP contribution in [0.3, 0.4) is 0 Å². The summed E-state index contributed by atoms with van der Waals surface area (Å²) >= 11 is 7.24. The molecular weight excluding hydrogens is 386 g/mol. The van der Waals surface area contributed by atoms with Crippen molar-refractivity contribution >= 4 is 45.5 Å². The summed E-state index contributed by atoms with van der Waals surface area (Å²) in [6.07, 6.45) is 2.80. The summed E-state index contributed by atoms with van der Waals surface area (Å²) in [5, 5.41) is 13.0. The molecule has 0 spiro atoms. The van der Waals surface area contributed by atoms with Crippen LogP contribution in [0.25, 0.3) is 0 Å². The van der Waals surface area contributed by atoms with E-state index in [2.05, 4.69) is 18.3 Å². The minimum absolute atomic E-state index is 0.211. The number of ether oxygens (including phenoxy) is 1.